The molecule has 1 N–H and O–H groups in total. The van der Waals surface area contributed by atoms with E-state index < -0.39 is 34.8 Å². The van der Waals surface area contributed by atoms with Crippen LogP contribution < -0.4 is 9.64 Å². The summed E-state index contributed by atoms with van der Waals surface area (Å²) in [5, 5.41) is 11.1. The minimum Gasteiger partial charge on any atom is -0.494 e. The van der Waals surface area contributed by atoms with Gasteiger partial charge in [0.25, 0.3) is 17.4 Å². The highest BCUT2D eigenvalue weighted by Gasteiger charge is 2.63. The number of halogens is 5. The molecule has 0 aromatic heterocycles. The van der Waals surface area contributed by atoms with Crippen molar-refractivity contribution >= 4 is 29.1 Å². The Labute approximate surface area is 248 Å². The number of carbonyl (C=O) groups is 2. The number of methoxy groups -OCH3 is 1. The van der Waals surface area contributed by atoms with E-state index in [1.54, 1.807) is 20.2 Å². The number of nitrogens with zero attached hydrogens (tertiary/aromatic N) is 3. The molecule has 2 aliphatic heterocycles. The Kier molecular flexibility index (Phi) is 9.62. The summed E-state index contributed by atoms with van der Waals surface area (Å²) < 4.78 is 61.9. The maximum atomic E-state index is 14.8. The number of carbonyl (C=O) groups excluding carboxylic acids is 2. The van der Waals surface area contributed by atoms with Crippen molar-refractivity contribution in [2.75, 3.05) is 52.3 Å². The van der Waals surface area contributed by atoms with Gasteiger partial charge in [-0.1, -0.05) is 23.7 Å². The molecule has 4 rings (SSSR count). The van der Waals surface area contributed by atoms with Gasteiger partial charge in [-0.3, -0.25) is 9.59 Å². The van der Waals surface area contributed by atoms with Crippen molar-refractivity contribution in [3.8, 4) is 5.75 Å². The first-order valence-corrected chi connectivity index (χ1v) is 14.3. The van der Waals surface area contributed by atoms with E-state index in [0.29, 0.717) is 29.3 Å². The number of benzene rings is 2. The molecule has 0 aliphatic carbocycles. The molecule has 1 unspecified atom stereocenters. The Morgan fingerprint density at radius 3 is 2.14 bits per heavy atom. The number of aliphatic hydroxyl groups is 1. The Hall–Kier alpha value is -3.05. The maximum absolute atomic E-state index is 14.8. The number of rotatable bonds is 7. The van der Waals surface area contributed by atoms with Crippen LogP contribution in [0.1, 0.15) is 48.0 Å². The molecule has 0 bridgehead atoms. The van der Waals surface area contributed by atoms with Crippen LogP contribution in [-0.2, 0) is 10.4 Å². The summed E-state index contributed by atoms with van der Waals surface area (Å²) >= 11 is 6.38. The fraction of sp³-hybridized carbons (Fsp3) is 0.533. The van der Waals surface area contributed by atoms with Crippen LogP contribution in [0.25, 0.3) is 0 Å². The lowest BCUT2D eigenvalue weighted by molar-refractivity contribution is -0.263. The van der Waals surface area contributed by atoms with Crippen LogP contribution in [0.4, 0.5) is 23.2 Å². The molecule has 2 aromatic carbocycles. The number of alkyl halides is 3. The predicted octanol–water partition coefficient (Wildman–Crippen LogP) is 5.48. The average molecular weight is 614 g/mol. The molecule has 230 valence electrons. The van der Waals surface area contributed by atoms with E-state index in [9.17, 15) is 32.3 Å². The van der Waals surface area contributed by atoms with Gasteiger partial charge in [0.05, 0.1) is 17.7 Å². The quantitative estimate of drug-likeness (QED) is 0.419. The summed E-state index contributed by atoms with van der Waals surface area (Å²) in [5.41, 5.74) is -3.79. The molecular formula is C30H36ClF4N3O4. The summed E-state index contributed by atoms with van der Waals surface area (Å²) in [4.78, 5) is 30.1. The summed E-state index contributed by atoms with van der Waals surface area (Å²) in [6.07, 6.45) is -1.69. The zero-order valence-electron chi connectivity index (χ0n) is 23.9. The summed E-state index contributed by atoms with van der Waals surface area (Å²) in [6.45, 7) is 1.71. The molecule has 2 aliphatic rings. The number of ether oxygens (including phenoxy) is 1. The van der Waals surface area contributed by atoms with Crippen molar-refractivity contribution in [2.24, 2.45) is 11.8 Å². The van der Waals surface area contributed by atoms with E-state index in [1.165, 1.54) is 4.90 Å². The molecule has 2 aromatic rings. The second kappa shape index (κ2) is 12.7. The van der Waals surface area contributed by atoms with Crippen LogP contribution in [-0.4, -0.2) is 80.3 Å². The summed E-state index contributed by atoms with van der Waals surface area (Å²) in [6, 6.07) is 8.43. The van der Waals surface area contributed by atoms with Crippen LogP contribution in [0.2, 0.25) is 5.02 Å². The molecule has 7 nitrogen and oxygen atoms in total. The number of amides is 2. The van der Waals surface area contributed by atoms with Gasteiger partial charge in [0.15, 0.2) is 11.6 Å². The standard InChI is InChI=1S/C30H36ClF4N3O4/c1-36(2)27(39)22-8-7-21(18-24(22)31)37-13-9-19(10-14-37)17-20-11-15-38(16-12-20)28(40)29(41,30(33,34)35)23-5-4-6-25(42-3)26(23)32/h4-8,18-20,41H,9-17H2,1-3H3. The minimum absolute atomic E-state index is 0.0445. The SMILES string of the molecule is COc1cccc(C(O)(C(=O)N2CCC(CC3CCN(c4ccc(C(=O)N(C)C)c(Cl)c4)CC3)CC2)C(F)(F)F)c1F. The zero-order valence-corrected chi connectivity index (χ0v) is 24.6. The van der Waals surface area contributed by atoms with Gasteiger partial charge < -0.3 is 24.5 Å². The van der Waals surface area contributed by atoms with Gasteiger partial charge in [-0.05, 0) is 68.2 Å². The van der Waals surface area contributed by atoms with E-state index in [0.717, 1.165) is 68.2 Å². The van der Waals surface area contributed by atoms with Gasteiger partial charge in [0.1, 0.15) is 0 Å². The number of piperidine rings is 2. The van der Waals surface area contributed by atoms with Gasteiger partial charge in [-0.25, -0.2) is 4.39 Å². The third-order valence-electron chi connectivity index (χ3n) is 8.43. The van der Waals surface area contributed by atoms with Crippen molar-refractivity contribution in [3.05, 3.63) is 58.4 Å². The molecular weight excluding hydrogens is 578 g/mol. The molecule has 12 heteroatoms. The van der Waals surface area contributed by atoms with E-state index >= 15 is 0 Å². The second-order valence-corrected chi connectivity index (χ2v) is 11.7. The van der Waals surface area contributed by atoms with Crippen molar-refractivity contribution in [3.63, 3.8) is 0 Å². The zero-order chi connectivity index (χ0) is 30.8. The van der Waals surface area contributed by atoms with E-state index in [4.69, 9.17) is 16.3 Å². The lowest BCUT2D eigenvalue weighted by atomic mass is 9.82. The monoisotopic (exact) mass is 613 g/mol. The molecule has 0 spiro atoms. The van der Waals surface area contributed by atoms with Crippen LogP contribution in [0.3, 0.4) is 0 Å². The Bertz CT molecular complexity index is 1290. The predicted molar refractivity (Wildman–Crippen MR) is 151 cm³/mol. The summed E-state index contributed by atoms with van der Waals surface area (Å²) in [5.74, 6) is -3.00. The largest absolute Gasteiger partial charge is 0.494 e. The van der Waals surface area contributed by atoms with Crippen molar-refractivity contribution < 1.29 is 37.0 Å². The highest BCUT2D eigenvalue weighted by Crippen LogP contribution is 2.44. The van der Waals surface area contributed by atoms with Crippen LogP contribution in [0.5, 0.6) is 5.75 Å². The Morgan fingerprint density at radius 2 is 1.62 bits per heavy atom. The van der Waals surface area contributed by atoms with Gasteiger partial charge in [-0.15, -0.1) is 0 Å². The van der Waals surface area contributed by atoms with Crippen molar-refractivity contribution in [2.45, 2.75) is 43.9 Å². The van der Waals surface area contributed by atoms with Gasteiger partial charge in [0, 0.05) is 51.5 Å². The molecule has 2 heterocycles. The molecule has 2 fully saturated rings. The first-order valence-electron chi connectivity index (χ1n) is 14.0. The fourth-order valence-electron chi connectivity index (χ4n) is 5.95. The van der Waals surface area contributed by atoms with E-state index in [1.807, 2.05) is 12.1 Å². The number of hydrogen-bond acceptors (Lipinski definition) is 5. The first kappa shape index (κ1) is 31.9. The second-order valence-electron chi connectivity index (χ2n) is 11.3. The molecule has 42 heavy (non-hydrogen) atoms. The van der Waals surface area contributed by atoms with Crippen molar-refractivity contribution in [1.82, 2.24) is 9.80 Å². The smallest absolute Gasteiger partial charge is 0.430 e. The van der Waals surface area contributed by atoms with Crippen molar-refractivity contribution in [1.29, 1.82) is 0 Å². The molecule has 2 saturated heterocycles. The normalized spacial score (nSPS) is 18.5. The van der Waals surface area contributed by atoms with Gasteiger partial charge in [-0.2, -0.15) is 13.2 Å². The maximum Gasteiger partial charge on any atom is 0.430 e. The Morgan fingerprint density at radius 1 is 1.02 bits per heavy atom. The third kappa shape index (κ3) is 6.32. The van der Waals surface area contributed by atoms with E-state index in [2.05, 4.69) is 4.90 Å². The minimum atomic E-state index is -5.44. The van der Waals surface area contributed by atoms with Gasteiger partial charge >= 0.3 is 6.18 Å². The summed E-state index contributed by atoms with van der Waals surface area (Å²) in [7, 11) is 4.43. The highest BCUT2D eigenvalue weighted by atomic mass is 35.5. The van der Waals surface area contributed by atoms with Crippen LogP contribution >= 0.6 is 11.6 Å². The molecule has 0 saturated carbocycles. The molecule has 2 amide bonds. The Balaban J connectivity index is 1.33. The first-order chi connectivity index (χ1) is 19.8. The van der Waals surface area contributed by atoms with Crippen LogP contribution in [0, 0.1) is 17.7 Å². The third-order valence-corrected chi connectivity index (χ3v) is 8.74. The number of hydrogen-bond donors (Lipinski definition) is 1. The van der Waals surface area contributed by atoms with E-state index in [-0.39, 0.29) is 24.9 Å². The number of anilines is 1. The fourth-order valence-corrected chi connectivity index (χ4v) is 6.21. The highest BCUT2D eigenvalue weighted by molar-refractivity contribution is 6.34. The molecule has 0 radical (unpaired) electrons. The average Bonchev–Trinajstić information content (AvgIpc) is 2.96. The van der Waals surface area contributed by atoms with Gasteiger partial charge in [0.2, 0.25) is 0 Å². The lowest BCUT2D eigenvalue weighted by Gasteiger charge is -2.40. The molecule has 1 atom stereocenters. The lowest BCUT2D eigenvalue weighted by Crippen LogP contribution is -2.57. The topological polar surface area (TPSA) is 73.3 Å². The van der Waals surface area contributed by atoms with Crippen LogP contribution in [0.15, 0.2) is 36.4 Å². The number of likely N-dealkylation sites (tertiary alicyclic amines) is 1.